The molecule has 1 aromatic rings. The van der Waals surface area contributed by atoms with Crippen LogP contribution in [0.5, 0.6) is 0 Å². The van der Waals surface area contributed by atoms with Gasteiger partial charge in [0.2, 0.25) is 11.8 Å². The smallest absolute Gasteiger partial charge is 0.225 e. The van der Waals surface area contributed by atoms with Crippen molar-refractivity contribution in [2.45, 2.75) is 32.6 Å². The Morgan fingerprint density at radius 2 is 1.72 bits per heavy atom. The first-order valence-electron chi connectivity index (χ1n) is 10.00. The van der Waals surface area contributed by atoms with Crippen molar-refractivity contribution in [3.63, 3.8) is 0 Å². The van der Waals surface area contributed by atoms with Crippen LogP contribution in [-0.2, 0) is 16.0 Å². The highest BCUT2D eigenvalue weighted by molar-refractivity contribution is 7.09. The second kappa shape index (κ2) is 6.47. The van der Waals surface area contributed by atoms with E-state index in [4.69, 9.17) is 11.5 Å². The fraction of sp³-hybridized carbons (Fsp3) is 0.619. The van der Waals surface area contributed by atoms with Crippen LogP contribution in [0.1, 0.15) is 41.7 Å². The molecule has 1 spiro atoms. The third-order valence-electron chi connectivity index (χ3n) is 7.60. The van der Waals surface area contributed by atoms with Gasteiger partial charge in [-0.25, -0.2) is 4.98 Å². The molecule has 1 aromatic heterocycles. The lowest BCUT2D eigenvalue weighted by Crippen LogP contribution is -2.61. The lowest BCUT2D eigenvalue weighted by molar-refractivity contribution is -0.151. The van der Waals surface area contributed by atoms with Gasteiger partial charge in [0.25, 0.3) is 0 Å². The summed E-state index contributed by atoms with van der Waals surface area (Å²) in [6.45, 7) is 2.09. The van der Waals surface area contributed by atoms with E-state index in [2.05, 4.69) is 17.1 Å². The molecule has 4 atom stereocenters. The number of allylic oxidation sites excluding steroid dienone is 2. The first-order valence-corrected chi connectivity index (χ1v) is 10.9. The van der Waals surface area contributed by atoms with Gasteiger partial charge in [-0.2, -0.15) is 0 Å². The maximum Gasteiger partial charge on any atom is 0.225 e. The normalized spacial score (nSPS) is 33.5. The summed E-state index contributed by atoms with van der Waals surface area (Å²) in [7, 11) is 3.88. The summed E-state index contributed by atoms with van der Waals surface area (Å²) in [5.74, 6) is -1.28. The zero-order valence-electron chi connectivity index (χ0n) is 17.1. The molecular weight excluding hydrogens is 388 g/mol. The number of ketones is 1. The van der Waals surface area contributed by atoms with Crippen molar-refractivity contribution in [1.29, 1.82) is 0 Å². The monoisotopic (exact) mass is 416 g/mol. The predicted molar refractivity (Wildman–Crippen MR) is 110 cm³/mol. The van der Waals surface area contributed by atoms with Gasteiger partial charge in [-0.3, -0.25) is 14.4 Å². The van der Waals surface area contributed by atoms with Gasteiger partial charge in [-0.15, -0.1) is 11.3 Å². The van der Waals surface area contributed by atoms with E-state index in [9.17, 15) is 14.4 Å². The van der Waals surface area contributed by atoms with E-state index in [0.717, 1.165) is 12.8 Å². The third kappa shape index (κ3) is 2.51. The number of nitrogens with zero attached hydrogens (tertiary/aromatic N) is 2. The van der Waals surface area contributed by atoms with Crippen LogP contribution in [0.4, 0.5) is 0 Å². The first-order chi connectivity index (χ1) is 13.6. The molecule has 0 saturated heterocycles. The lowest BCUT2D eigenvalue weighted by atomic mass is 9.54. The Morgan fingerprint density at radius 3 is 2.17 bits per heavy atom. The average Bonchev–Trinajstić information content (AvgIpc) is 3.05. The third-order valence-corrected chi connectivity index (χ3v) is 8.44. The quantitative estimate of drug-likeness (QED) is 0.490. The Morgan fingerprint density at radius 1 is 1.14 bits per heavy atom. The van der Waals surface area contributed by atoms with Crippen molar-refractivity contribution in [1.82, 2.24) is 9.88 Å². The maximum absolute atomic E-state index is 13.2. The van der Waals surface area contributed by atoms with Gasteiger partial charge < -0.3 is 16.4 Å². The van der Waals surface area contributed by atoms with Crippen LogP contribution in [0.25, 0.3) is 0 Å². The molecule has 4 rings (SSSR count). The molecule has 3 aliphatic carbocycles. The molecule has 29 heavy (non-hydrogen) atoms. The van der Waals surface area contributed by atoms with E-state index >= 15 is 0 Å². The molecule has 0 unspecified atom stereocenters. The van der Waals surface area contributed by atoms with Gasteiger partial charge in [0.05, 0.1) is 15.8 Å². The lowest BCUT2D eigenvalue weighted by Gasteiger charge is -2.47. The first kappa shape index (κ1) is 20.2. The Labute approximate surface area is 174 Å². The van der Waals surface area contributed by atoms with E-state index in [-0.39, 0.29) is 29.5 Å². The zero-order chi connectivity index (χ0) is 21.2. The van der Waals surface area contributed by atoms with Gasteiger partial charge in [0, 0.05) is 18.7 Å². The van der Waals surface area contributed by atoms with E-state index in [1.807, 2.05) is 19.0 Å². The Balaban J connectivity index is 1.88. The topological polar surface area (TPSA) is 119 Å². The highest BCUT2D eigenvalue weighted by Crippen LogP contribution is 2.81. The molecule has 2 bridgehead atoms. The Hall–Kier alpha value is -2.06. The number of Topliss-reactive ketones (excluding diaryl/α,β-unsaturated/α-hetero) is 1. The minimum atomic E-state index is -1.13. The number of aromatic nitrogens is 1. The largest absolute Gasteiger partial charge is 0.369 e. The molecule has 0 aliphatic heterocycles. The van der Waals surface area contributed by atoms with Crippen LogP contribution in [-0.4, -0.2) is 48.1 Å². The van der Waals surface area contributed by atoms with Gasteiger partial charge >= 0.3 is 0 Å². The van der Waals surface area contributed by atoms with Crippen molar-refractivity contribution in [3.05, 3.63) is 28.2 Å². The summed E-state index contributed by atoms with van der Waals surface area (Å²) in [6.07, 6.45) is 6.83. The van der Waals surface area contributed by atoms with Gasteiger partial charge in [-0.1, -0.05) is 12.2 Å². The van der Waals surface area contributed by atoms with Gasteiger partial charge in [0.15, 0.2) is 5.78 Å². The highest BCUT2D eigenvalue weighted by atomic mass is 32.1. The summed E-state index contributed by atoms with van der Waals surface area (Å²) < 4.78 is 0. The molecule has 8 heteroatoms. The number of carbonyl (C=O) groups is 3. The predicted octanol–water partition coefficient (Wildman–Crippen LogP) is 1.38. The summed E-state index contributed by atoms with van der Waals surface area (Å²) in [4.78, 5) is 44.5. The SMILES string of the molecule is CC(=O)c1csc(C[C@@]2(C(N)=O)[C@H]3C=C[C@H](C34CC4)[C@@]2(CCN(C)C)C(N)=O)n1. The molecule has 2 amide bonds. The van der Waals surface area contributed by atoms with Crippen LogP contribution in [0, 0.1) is 28.1 Å². The fourth-order valence-electron chi connectivity index (χ4n) is 6.23. The second-order valence-corrected chi connectivity index (χ2v) is 10.1. The number of amides is 2. The van der Waals surface area contributed by atoms with E-state index in [0.29, 0.717) is 23.7 Å². The van der Waals surface area contributed by atoms with Gasteiger partial charge in [-0.05, 0) is 57.2 Å². The summed E-state index contributed by atoms with van der Waals surface area (Å²) >= 11 is 1.34. The molecule has 0 radical (unpaired) electrons. The Bertz CT molecular complexity index is 919. The second-order valence-electron chi connectivity index (χ2n) is 9.16. The number of hydrogen-bond donors (Lipinski definition) is 2. The van der Waals surface area contributed by atoms with Crippen LogP contribution in [0.3, 0.4) is 0 Å². The van der Waals surface area contributed by atoms with Crippen LogP contribution >= 0.6 is 11.3 Å². The number of rotatable bonds is 8. The standard InChI is InChI=1S/C21H28N4O3S/c1-12(26)13-11-29-16(24-13)10-21(18(23)28)15-5-4-14(19(15)6-7-19)20(21,17(22)27)8-9-25(2)3/h4-5,11,14-15H,6-10H2,1-3H3,(H2,22,27)(H2,23,28)/t14-,15+,20+,21+/m1/s1. The number of primary amides is 2. The molecule has 3 aliphatic rings. The van der Waals surface area contributed by atoms with E-state index in [1.165, 1.54) is 18.3 Å². The molecule has 156 valence electrons. The number of hydrogen-bond acceptors (Lipinski definition) is 6. The van der Waals surface area contributed by atoms with Crippen molar-refractivity contribution < 1.29 is 14.4 Å². The Kier molecular flexibility index (Phi) is 4.51. The molecule has 2 saturated carbocycles. The van der Waals surface area contributed by atoms with Gasteiger partial charge in [0.1, 0.15) is 5.69 Å². The minimum absolute atomic E-state index is 0.0859. The molecule has 4 N–H and O–H groups in total. The molecule has 1 heterocycles. The highest BCUT2D eigenvalue weighted by Gasteiger charge is 2.82. The van der Waals surface area contributed by atoms with Crippen molar-refractivity contribution >= 4 is 28.9 Å². The summed E-state index contributed by atoms with van der Waals surface area (Å²) in [5, 5.41) is 2.36. The number of nitrogens with two attached hydrogens (primary N) is 2. The van der Waals surface area contributed by atoms with Crippen molar-refractivity contribution in [3.8, 4) is 0 Å². The van der Waals surface area contributed by atoms with Crippen LogP contribution < -0.4 is 11.5 Å². The molecule has 7 nitrogen and oxygen atoms in total. The number of carbonyl (C=O) groups excluding carboxylic acids is 3. The van der Waals surface area contributed by atoms with E-state index < -0.39 is 22.6 Å². The molecule has 0 aromatic carbocycles. The molecular formula is C21H28N4O3S. The maximum atomic E-state index is 13.2. The van der Waals surface area contributed by atoms with Crippen LogP contribution in [0.2, 0.25) is 0 Å². The van der Waals surface area contributed by atoms with Crippen LogP contribution in [0.15, 0.2) is 17.5 Å². The van der Waals surface area contributed by atoms with Crippen molar-refractivity contribution in [2.75, 3.05) is 20.6 Å². The zero-order valence-corrected chi connectivity index (χ0v) is 17.9. The van der Waals surface area contributed by atoms with Crippen molar-refractivity contribution in [2.24, 2.45) is 39.5 Å². The number of thiazole rings is 1. The fourth-order valence-corrected chi connectivity index (χ4v) is 7.15. The average molecular weight is 417 g/mol. The van der Waals surface area contributed by atoms with E-state index in [1.54, 1.807) is 5.38 Å². The molecule has 2 fully saturated rings. The summed E-state index contributed by atoms with van der Waals surface area (Å²) in [6, 6.07) is 0. The summed E-state index contributed by atoms with van der Waals surface area (Å²) in [5.41, 5.74) is 10.3. The minimum Gasteiger partial charge on any atom is -0.369 e.